The van der Waals surface area contributed by atoms with Crippen LogP contribution in [-0.2, 0) is 27.5 Å². The molecular formula is C21H20BrF3N6O5S. The van der Waals surface area contributed by atoms with E-state index in [1.165, 1.54) is 44.6 Å². The molecule has 0 radical (unpaired) electrons. The molecule has 1 aliphatic carbocycles. The summed E-state index contributed by atoms with van der Waals surface area (Å²) in [5.41, 5.74) is -0.513. The van der Waals surface area contributed by atoms with Crippen molar-refractivity contribution in [2.75, 3.05) is 24.3 Å². The van der Waals surface area contributed by atoms with Gasteiger partial charge in [-0.05, 0) is 53.0 Å². The standard InChI is InChI=1S/C21H20BrF3N6O5S/c1-35-16-9-14(27-20(28-16)36-2)30-37(33,34)13-7-5-12(6-8-13)26-15(32)10-31-18(11-3-4-11)17(22)19(29-31)21(23,24)25/h5-9,11H,3-4,10H2,1-2H3,(H,26,32)(H,27,28,30). The molecular weight excluding hydrogens is 585 g/mol. The van der Waals surface area contributed by atoms with E-state index in [0.717, 1.165) is 4.68 Å². The molecule has 0 saturated heterocycles. The van der Waals surface area contributed by atoms with Crippen LogP contribution in [0.2, 0.25) is 0 Å². The van der Waals surface area contributed by atoms with Gasteiger partial charge in [-0.3, -0.25) is 14.2 Å². The predicted octanol–water partition coefficient (Wildman–Crippen LogP) is 3.79. The lowest BCUT2D eigenvalue weighted by Gasteiger charge is -2.11. The van der Waals surface area contributed by atoms with Crippen molar-refractivity contribution in [1.82, 2.24) is 19.7 Å². The van der Waals surface area contributed by atoms with Crippen molar-refractivity contribution >= 4 is 43.4 Å². The van der Waals surface area contributed by atoms with E-state index in [9.17, 15) is 26.4 Å². The van der Waals surface area contributed by atoms with Crippen molar-refractivity contribution in [3.63, 3.8) is 0 Å². The molecule has 1 fully saturated rings. The molecule has 0 spiro atoms. The first-order chi connectivity index (χ1) is 17.4. The Morgan fingerprint density at radius 3 is 2.41 bits per heavy atom. The Bertz CT molecular complexity index is 1400. The molecule has 4 rings (SSSR count). The van der Waals surface area contributed by atoms with Gasteiger partial charge in [-0.15, -0.1) is 0 Å². The quantitative estimate of drug-likeness (QED) is 0.376. The van der Waals surface area contributed by atoms with Crippen LogP contribution >= 0.6 is 15.9 Å². The third kappa shape index (κ3) is 6.12. The first-order valence-electron chi connectivity index (χ1n) is 10.6. The molecule has 0 unspecified atom stereocenters. The second kappa shape index (κ2) is 10.2. The highest BCUT2D eigenvalue weighted by atomic mass is 79.9. The van der Waals surface area contributed by atoms with Crippen LogP contribution in [0, 0.1) is 0 Å². The maximum atomic E-state index is 13.3. The number of anilines is 2. The van der Waals surface area contributed by atoms with Crippen LogP contribution < -0.4 is 19.5 Å². The van der Waals surface area contributed by atoms with Crippen molar-refractivity contribution in [2.24, 2.45) is 0 Å². The van der Waals surface area contributed by atoms with Crippen LogP contribution in [0.4, 0.5) is 24.7 Å². The topological polar surface area (TPSA) is 137 Å². The fourth-order valence-electron chi connectivity index (χ4n) is 3.40. The second-order valence-corrected chi connectivity index (χ2v) is 10.4. The summed E-state index contributed by atoms with van der Waals surface area (Å²) >= 11 is 2.98. The van der Waals surface area contributed by atoms with E-state index in [0.29, 0.717) is 18.5 Å². The highest BCUT2D eigenvalue weighted by molar-refractivity contribution is 9.10. The lowest BCUT2D eigenvalue weighted by Crippen LogP contribution is -2.21. The number of carbonyl (C=O) groups is 1. The third-order valence-electron chi connectivity index (χ3n) is 5.22. The number of nitrogens with one attached hydrogen (secondary N) is 2. The number of hydrogen-bond acceptors (Lipinski definition) is 8. The number of hydrogen-bond donors (Lipinski definition) is 2. The van der Waals surface area contributed by atoms with Gasteiger partial charge in [-0.1, -0.05) is 0 Å². The SMILES string of the molecule is COc1cc(NS(=O)(=O)c2ccc(NC(=O)Cn3nc(C(F)(F)F)c(Br)c3C3CC3)cc2)nc(OC)n1. The average Bonchev–Trinajstić information content (AvgIpc) is 3.61. The normalized spacial score (nSPS) is 13.8. The zero-order valence-electron chi connectivity index (χ0n) is 19.3. The Labute approximate surface area is 217 Å². The largest absolute Gasteiger partial charge is 0.481 e. The number of halogens is 4. The van der Waals surface area contributed by atoms with Gasteiger partial charge in [0.2, 0.25) is 11.8 Å². The molecule has 1 aromatic carbocycles. The Hall–Kier alpha value is -3.40. The van der Waals surface area contributed by atoms with Gasteiger partial charge in [-0.25, -0.2) is 8.42 Å². The maximum Gasteiger partial charge on any atom is 0.436 e. The van der Waals surface area contributed by atoms with E-state index in [1.54, 1.807) is 0 Å². The number of amides is 1. The minimum atomic E-state index is -4.67. The van der Waals surface area contributed by atoms with Crippen LogP contribution in [0.5, 0.6) is 11.9 Å². The van der Waals surface area contributed by atoms with E-state index >= 15 is 0 Å². The molecule has 2 heterocycles. The van der Waals surface area contributed by atoms with Gasteiger partial charge in [0.1, 0.15) is 6.54 Å². The summed E-state index contributed by atoms with van der Waals surface area (Å²) in [4.78, 5) is 20.2. The van der Waals surface area contributed by atoms with Crippen LogP contribution in [-0.4, -0.2) is 48.3 Å². The summed E-state index contributed by atoms with van der Waals surface area (Å²) in [7, 11) is -1.41. The molecule has 37 heavy (non-hydrogen) atoms. The maximum absolute atomic E-state index is 13.3. The van der Waals surface area contributed by atoms with Crippen LogP contribution in [0.3, 0.4) is 0 Å². The number of benzene rings is 1. The molecule has 1 amide bonds. The van der Waals surface area contributed by atoms with E-state index in [2.05, 4.69) is 41.0 Å². The third-order valence-corrected chi connectivity index (χ3v) is 7.37. The number of rotatable bonds is 9. The van der Waals surface area contributed by atoms with Crippen LogP contribution in [0.25, 0.3) is 0 Å². The van der Waals surface area contributed by atoms with Gasteiger partial charge in [0.05, 0.1) is 29.3 Å². The van der Waals surface area contributed by atoms with Crippen molar-refractivity contribution in [1.29, 1.82) is 0 Å². The summed E-state index contributed by atoms with van der Waals surface area (Å²) in [6.45, 7) is -0.445. The Morgan fingerprint density at radius 1 is 1.16 bits per heavy atom. The van der Waals surface area contributed by atoms with Crippen LogP contribution in [0.1, 0.15) is 30.1 Å². The van der Waals surface area contributed by atoms with Gasteiger partial charge in [-0.2, -0.15) is 28.2 Å². The average molecular weight is 605 g/mol. The summed E-state index contributed by atoms with van der Waals surface area (Å²) in [5.74, 6) is -0.729. The second-order valence-electron chi connectivity index (χ2n) is 7.94. The number of carbonyl (C=O) groups excluding carboxylic acids is 1. The first-order valence-corrected chi connectivity index (χ1v) is 12.9. The number of alkyl halides is 3. The summed E-state index contributed by atoms with van der Waals surface area (Å²) in [6, 6.07) is 6.34. The highest BCUT2D eigenvalue weighted by Crippen LogP contribution is 2.47. The monoisotopic (exact) mass is 604 g/mol. The first kappa shape index (κ1) is 26.7. The minimum Gasteiger partial charge on any atom is -0.481 e. The molecule has 0 aliphatic heterocycles. The van der Waals surface area contributed by atoms with E-state index < -0.39 is 34.3 Å². The van der Waals surface area contributed by atoms with E-state index in [-0.39, 0.29) is 38.7 Å². The zero-order valence-corrected chi connectivity index (χ0v) is 21.7. The Morgan fingerprint density at radius 2 is 1.84 bits per heavy atom. The molecule has 16 heteroatoms. The number of ether oxygens (including phenoxy) is 2. The lowest BCUT2D eigenvalue weighted by atomic mass is 10.2. The lowest BCUT2D eigenvalue weighted by molar-refractivity contribution is -0.142. The molecule has 1 saturated carbocycles. The fourth-order valence-corrected chi connectivity index (χ4v) is 5.23. The molecule has 2 aromatic heterocycles. The smallest absolute Gasteiger partial charge is 0.436 e. The molecule has 0 atom stereocenters. The summed E-state index contributed by atoms with van der Waals surface area (Å²) < 4.78 is 78.4. The molecule has 11 nitrogen and oxygen atoms in total. The fraction of sp³-hybridized carbons (Fsp3) is 0.333. The Kier molecular flexibility index (Phi) is 7.32. The molecule has 3 aromatic rings. The number of nitrogens with zero attached hydrogens (tertiary/aromatic N) is 4. The van der Waals surface area contributed by atoms with Crippen molar-refractivity contribution < 1.29 is 35.9 Å². The minimum absolute atomic E-state index is 0.0824. The number of methoxy groups -OCH3 is 2. The van der Waals surface area contributed by atoms with Gasteiger partial charge in [0.15, 0.2) is 11.5 Å². The van der Waals surface area contributed by atoms with E-state index in [4.69, 9.17) is 9.47 Å². The number of aromatic nitrogens is 4. The molecule has 2 N–H and O–H groups in total. The Balaban J connectivity index is 1.46. The van der Waals surface area contributed by atoms with Gasteiger partial charge in [0.25, 0.3) is 10.0 Å². The highest BCUT2D eigenvalue weighted by Gasteiger charge is 2.42. The van der Waals surface area contributed by atoms with Crippen molar-refractivity contribution in [3.8, 4) is 11.9 Å². The van der Waals surface area contributed by atoms with Crippen molar-refractivity contribution in [3.05, 3.63) is 46.2 Å². The summed E-state index contributed by atoms with van der Waals surface area (Å²) in [6.07, 6.45) is -3.24. The molecule has 198 valence electrons. The number of sulfonamides is 1. The zero-order chi connectivity index (χ0) is 27.0. The van der Waals surface area contributed by atoms with Gasteiger partial charge < -0.3 is 14.8 Å². The van der Waals surface area contributed by atoms with Crippen molar-refractivity contribution in [2.45, 2.75) is 36.4 Å². The summed E-state index contributed by atoms with van der Waals surface area (Å²) in [5, 5.41) is 6.14. The molecule has 1 aliphatic rings. The van der Waals surface area contributed by atoms with Crippen LogP contribution in [0.15, 0.2) is 39.7 Å². The molecule has 0 bridgehead atoms. The van der Waals surface area contributed by atoms with Gasteiger partial charge >= 0.3 is 12.2 Å². The van der Waals surface area contributed by atoms with E-state index in [1.807, 2.05) is 0 Å². The van der Waals surface area contributed by atoms with Gasteiger partial charge in [0, 0.05) is 17.7 Å². The predicted molar refractivity (Wildman–Crippen MR) is 128 cm³/mol.